The minimum Gasteiger partial charge on any atom is -0.356 e. The number of carbonyl (C=O) groups excluding carboxylic acids is 1. The number of carbonyl (C=O) groups is 1. The summed E-state index contributed by atoms with van der Waals surface area (Å²) in [4.78, 5) is 20.0. The minimum atomic E-state index is 0.0256. The van der Waals surface area contributed by atoms with Gasteiger partial charge in [-0.05, 0) is 18.6 Å². The van der Waals surface area contributed by atoms with Gasteiger partial charge < -0.3 is 9.84 Å². The number of hydrogen-bond acceptors (Lipinski definition) is 5. The van der Waals surface area contributed by atoms with Crippen molar-refractivity contribution in [1.29, 1.82) is 0 Å². The molecule has 0 aromatic carbocycles. The zero-order valence-corrected chi connectivity index (χ0v) is 12.9. The van der Waals surface area contributed by atoms with Gasteiger partial charge in [0.2, 0.25) is 17.6 Å². The molecule has 2 rings (SSSR count). The van der Waals surface area contributed by atoms with E-state index in [1.807, 2.05) is 12.1 Å². The molecule has 1 N–H and O–H groups in total. The fourth-order valence-electron chi connectivity index (χ4n) is 2.06. The highest BCUT2D eigenvalue weighted by atomic mass is 16.5. The summed E-state index contributed by atoms with van der Waals surface area (Å²) in [6, 6.07) is 3.68. The standard InChI is InChI=1S/C16H22N4O2/c1-2-3-4-5-11-18-14(21)8-9-15-19-16(20-22-15)13-7-6-10-17-12-13/h6-7,10,12H,2-5,8-9,11H2,1H3,(H,18,21). The average molecular weight is 302 g/mol. The largest absolute Gasteiger partial charge is 0.356 e. The lowest BCUT2D eigenvalue weighted by molar-refractivity contribution is -0.121. The van der Waals surface area contributed by atoms with Crippen molar-refractivity contribution in [3.63, 3.8) is 0 Å². The Labute approximate surface area is 130 Å². The SMILES string of the molecule is CCCCCCNC(=O)CCc1nc(-c2cccnc2)no1. The van der Waals surface area contributed by atoms with Crippen molar-refractivity contribution in [3.8, 4) is 11.4 Å². The molecule has 6 nitrogen and oxygen atoms in total. The molecule has 0 bridgehead atoms. The number of nitrogens with one attached hydrogen (secondary N) is 1. The second-order valence-corrected chi connectivity index (χ2v) is 5.16. The second-order valence-electron chi connectivity index (χ2n) is 5.16. The first-order valence-corrected chi connectivity index (χ1v) is 7.79. The summed E-state index contributed by atoms with van der Waals surface area (Å²) in [5.74, 6) is 1.00. The number of nitrogens with zero attached hydrogens (tertiary/aromatic N) is 3. The van der Waals surface area contributed by atoms with Gasteiger partial charge in [-0.15, -0.1) is 0 Å². The highest BCUT2D eigenvalue weighted by Crippen LogP contribution is 2.14. The van der Waals surface area contributed by atoms with Crippen LogP contribution in [0.2, 0.25) is 0 Å². The Hall–Kier alpha value is -2.24. The van der Waals surface area contributed by atoms with Crippen LogP contribution in [0.5, 0.6) is 0 Å². The van der Waals surface area contributed by atoms with E-state index in [9.17, 15) is 4.79 Å². The molecule has 2 heterocycles. The first-order valence-electron chi connectivity index (χ1n) is 7.79. The monoisotopic (exact) mass is 302 g/mol. The van der Waals surface area contributed by atoms with E-state index in [4.69, 9.17) is 4.52 Å². The highest BCUT2D eigenvalue weighted by molar-refractivity contribution is 5.75. The predicted molar refractivity (Wildman–Crippen MR) is 83.0 cm³/mol. The van der Waals surface area contributed by atoms with Crippen molar-refractivity contribution in [3.05, 3.63) is 30.4 Å². The van der Waals surface area contributed by atoms with Crippen LogP contribution in [0.25, 0.3) is 11.4 Å². The van der Waals surface area contributed by atoms with Crippen LogP contribution in [0.15, 0.2) is 29.0 Å². The van der Waals surface area contributed by atoms with E-state index in [1.165, 1.54) is 12.8 Å². The van der Waals surface area contributed by atoms with Crippen LogP contribution < -0.4 is 5.32 Å². The summed E-state index contributed by atoms with van der Waals surface area (Å²) < 4.78 is 5.16. The molecule has 6 heteroatoms. The van der Waals surface area contributed by atoms with Crippen LogP contribution in [0.3, 0.4) is 0 Å². The van der Waals surface area contributed by atoms with Crippen molar-refractivity contribution in [2.24, 2.45) is 0 Å². The van der Waals surface area contributed by atoms with Gasteiger partial charge in [-0.25, -0.2) is 0 Å². The van der Waals surface area contributed by atoms with Gasteiger partial charge in [-0.1, -0.05) is 31.3 Å². The molecule has 22 heavy (non-hydrogen) atoms. The molecule has 0 radical (unpaired) electrons. The quantitative estimate of drug-likeness (QED) is 0.720. The van der Waals surface area contributed by atoms with E-state index < -0.39 is 0 Å². The molecule has 0 unspecified atom stereocenters. The van der Waals surface area contributed by atoms with E-state index in [0.29, 0.717) is 24.6 Å². The number of amides is 1. The Bertz CT molecular complexity index is 569. The van der Waals surface area contributed by atoms with Crippen molar-refractivity contribution in [2.45, 2.75) is 45.4 Å². The maximum Gasteiger partial charge on any atom is 0.227 e. The minimum absolute atomic E-state index is 0.0256. The summed E-state index contributed by atoms with van der Waals surface area (Å²) in [5.41, 5.74) is 0.804. The van der Waals surface area contributed by atoms with E-state index in [1.54, 1.807) is 12.4 Å². The fourth-order valence-corrected chi connectivity index (χ4v) is 2.06. The van der Waals surface area contributed by atoms with E-state index in [0.717, 1.165) is 24.9 Å². The summed E-state index contributed by atoms with van der Waals surface area (Å²) in [6.07, 6.45) is 8.79. The third-order valence-corrected chi connectivity index (χ3v) is 3.31. The number of pyridine rings is 1. The molecule has 0 atom stereocenters. The molecular formula is C16H22N4O2. The van der Waals surface area contributed by atoms with E-state index >= 15 is 0 Å². The van der Waals surface area contributed by atoms with Crippen LogP contribution in [-0.2, 0) is 11.2 Å². The van der Waals surface area contributed by atoms with Crippen LogP contribution in [0.1, 0.15) is 44.9 Å². The number of rotatable bonds is 9. The van der Waals surface area contributed by atoms with Crippen molar-refractivity contribution in [2.75, 3.05) is 6.54 Å². The first kappa shape index (κ1) is 16.1. The molecule has 0 fully saturated rings. The lowest BCUT2D eigenvalue weighted by atomic mass is 10.2. The highest BCUT2D eigenvalue weighted by Gasteiger charge is 2.10. The van der Waals surface area contributed by atoms with Gasteiger partial charge in [-0.3, -0.25) is 9.78 Å². The molecule has 0 spiro atoms. The third kappa shape index (κ3) is 5.27. The van der Waals surface area contributed by atoms with Crippen LogP contribution >= 0.6 is 0 Å². The molecule has 118 valence electrons. The molecule has 0 aliphatic rings. The van der Waals surface area contributed by atoms with Gasteiger partial charge in [0, 0.05) is 37.3 Å². The Kier molecular flexibility index (Phi) is 6.54. The van der Waals surface area contributed by atoms with Gasteiger partial charge in [0.25, 0.3) is 0 Å². The zero-order valence-electron chi connectivity index (χ0n) is 12.9. The maximum absolute atomic E-state index is 11.7. The Morgan fingerprint density at radius 2 is 2.23 bits per heavy atom. The zero-order chi connectivity index (χ0) is 15.6. The normalized spacial score (nSPS) is 10.6. The van der Waals surface area contributed by atoms with Crippen LogP contribution in [-0.4, -0.2) is 27.6 Å². The van der Waals surface area contributed by atoms with Crippen LogP contribution in [0, 0.1) is 0 Å². The van der Waals surface area contributed by atoms with Gasteiger partial charge >= 0.3 is 0 Å². The molecule has 0 saturated heterocycles. The van der Waals surface area contributed by atoms with Crippen LogP contribution in [0.4, 0.5) is 0 Å². The fraction of sp³-hybridized carbons (Fsp3) is 0.500. The molecule has 2 aromatic rings. The van der Waals surface area contributed by atoms with Crippen molar-refractivity contribution >= 4 is 5.91 Å². The number of aromatic nitrogens is 3. The third-order valence-electron chi connectivity index (χ3n) is 3.31. The summed E-state index contributed by atoms with van der Waals surface area (Å²) in [7, 11) is 0. The van der Waals surface area contributed by atoms with Gasteiger partial charge in [-0.2, -0.15) is 4.98 Å². The second kappa shape index (κ2) is 8.92. The number of hydrogen-bond donors (Lipinski definition) is 1. The molecule has 0 saturated carbocycles. The topological polar surface area (TPSA) is 80.9 Å². The Morgan fingerprint density at radius 3 is 3.00 bits per heavy atom. The lowest BCUT2D eigenvalue weighted by Crippen LogP contribution is -2.24. The van der Waals surface area contributed by atoms with E-state index in [2.05, 4.69) is 27.4 Å². The first-order chi connectivity index (χ1) is 10.8. The van der Waals surface area contributed by atoms with Gasteiger partial charge in [0.05, 0.1) is 0 Å². The van der Waals surface area contributed by atoms with E-state index in [-0.39, 0.29) is 5.91 Å². The maximum atomic E-state index is 11.7. The van der Waals surface area contributed by atoms with Crippen molar-refractivity contribution in [1.82, 2.24) is 20.4 Å². The molecule has 0 aliphatic carbocycles. The Balaban J connectivity index is 1.71. The predicted octanol–water partition coefficient (Wildman–Crippen LogP) is 2.76. The summed E-state index contributed by atoms with van der Waals surface area (Å²) in [6.45, 7) is 2.91. The van der Waals surface area contributed by atoms with Gasteiger partial charge in [0.15, 0.2) is 0 Å². The average Bonchev–Trinajstić information content (AvgIpc) is 3.02. The molecule has 2 aromatic heterocycles. The number of aryl methyl sites for hydroxylation is 1. The summed E-state index contributed by atoms with van der Waals surface area (Å²) >= 11 is 0. The molecule has 1 amide bonds. The Morgan fingerprint density at radius 1 is 1.32 bits per heavy atom. The smallest absolute Gasteiger partial charge is 0.227 e. The summed E-state index contributed by atoms with van der Waals surface area (Å²) in [5, 5.41) is 6.81. The lowest BCUT2D eigenvalue weighted by Gasteiger charge is -2.03. The van der Waals surface area contributed by atoms with Gasteiger partial charge in [0.1, 0.15) is 0 Å². The van der Waals surface area contributed by atoms with Crippen molar-refractivity contribution < 1.29 is 9.32 Å². The molecular weight excluding hydrogens is 280 g/mol. The molecule has 0 aliphatic heterocycles. The number of unbranched alkanes of at least 4 members (excludes halogenated alkanes) is 3.